The molecule has 0 spiro atoms. The molecule has 0 bridgehead atoms. The highest BCUT2D eigenvalue weighted by molar-refractivity contribution is 5.77. The van der Waals surface area contributed by atoms with E-state index >= 15 is 0 Å². The third kappa shape index (κ3) is 9.22. The smallest absolute Gasteiger partial charge is 0.223 e. The summed E-state index contributed by atoms with van der Waals surface area (Å²) >= 11 is 0. The lowest BCUT2D eigenvalue weighted by molar-refractivity contribution is -0.120. The average molecular weight is 200 g/mol. The van der Waals surface area contributed by atoms with Crippen LogP contribution < -0.4 is 11.1 Å². The Morgan fingerprint density at radius 3 is 2.86 bits per heavy atom. The van der Waals surface area contributed by atoms with Crippen molar-refractivity contribution in [2.75, 3.05) is 26.3 Å². The van der Waals surface area contributed by atoms with Gasteiger partial charge in [-0.05, 0) is 6.42 Å². The molecule has 14 heavy (non-hydrogen) atoms. The van der Waals surface area contributed by atoms with Gasteiger partial charge in [0.1, 0.15) is 0 Å². The van der Waals surface area contributed by atoms with Gasteiger partial charge in [-0.15, -0.1) is 0 Å². The molecule has 0 aliphatic heterocycles. The number of nitrogens with one attached hydrogen (secondary N) is 1. The minimum Gasteiger partial charge on any atom is -0.378 e. The maximum absolute atomic E-state index is 11.1. The lowest BCUT2D eigenvalue weighted by Gasteiger charge is -2.03. The maximum atomic E-state index is 11.1. The van der Waals surface area contributed by atoms with Gasteiger partial charge in [0.05, 0.1) is 13.2 Å². The first kappa shape index (κ1) is 13.1. The molecule has 82 valence electrons. The zero-order chi connectivity index (χ0) is 10.6. The van der Waals surface area contributed by atoms with Gasteiger partial charge in [0, 0.05) is 19.5 Å². The van der Waals surface area contributed by atoms with Crippen LogP contribution in [0.3, 0.4) is 0 Å². The summed E-state index contributed by atoms with van der Waals surface area (Å²) < 4.78 is 5.10. The molecule has 0 radical (unpaired) electrons. The molecule has 0 heterocycles. The SMILES string of the molecule is CC/C=C\CC(=O)NCCOCCN. The van der Waals surface area contributed by atoms with Crippen molar-refractivity contribution in [2.24, 2.45) is 5.73 Å². The zero-order valence-corrected chi connectivity index (χ0v) is 8.79. The van der Waals surface area contributed by atoms with E-state index in [1.165, 1.54) is 0 Å². The molecular formula is C10H20N2O2. The summed E-state index contributed by atoms with van der Waals surface area (Å²) in [6, 6.07) is 0. The molecule has 0 rings (SSSR count). The van der Waals surface area contributed by atoms with Gasteiger partial charge in [-0.1, -0.05) is 19.1 Å². The van der Waals surface area contributed by atoms with Crippen molar-refractivity contribution in [3.63, 3.8) is 0 Å². The number of hydrogen-bond acceptors (Lipinski definition) is 3. The van der Waals surface area contributed by atoms with Crippen LogP contribution in [0.15, 0.2) is 12.2 Å². The Morgan fingerprint density at radius 1 is 1.43 bits per heavy atom. The number of hydrogen-bond donors (Lipinski definition) is 2. The highest BCUT2D eigenvalue weighted by Gasteiger charge is 1.95. The van der Waals surface area contributed by atoms with E-state index in [1.54, 1.807) is 0 Å². The fourth-order valence-electron chi connectivity index (χ4n) is 0.877. The lowest BCUT2D eigenvalue weighted by atomic mass is 10.3. The first-order chi connectivity index (χ1) is 6.81. The molecule has 0 aliphatic carbocycles. The van der Waals surface area contributed by atoms with Crippen LogP contribution in [-0.4, -0.2) is 32.2 Å². The highest BCUT2D eigenvalue weighted by atomic mass is 16.5. The van der Waals surface area contributed by atoms with E-state index in [-0.39, 0.29) is 5.91 Å². The lowest BCUT2D eigenvalue weighted by Crippen LogP contribution is -2.27. The van der Waals surface area contributed by atoms with Crippen molar-refractivity contribution in [1.29, 1.82) is 0 Å². The van der Waals surface area contributed by atoms with Crippen LogP contribution >= 0.6 is 0 Å². The van der Waals surface area contributed by atoms with Crippen LogP contribution in [0.2, 0.25) is 0 Å². The normalized spacial score (nSPS) is 10.7. The highest BCUT2D eigenvalue weighted by Crippen LogP contribution is 1.85. The number of amides is 1. The minimum atomic E-state index is 0.0334. The molecule has 3 N–H and O–H groups in total. The van der Waals surface area contributed by atoms with E-state index in [4.69, 9.17) is 10.5 Å². The standard InChI is InChI=1S/C10H20N2O2/c1-2-3-4-5-10(13)12-7-9-14-8-6-11/h3-4H,2,5-9,11H2,1H3,(H,12,13)/b4-3-. The van der Waals surface area contributed by atoms with Crippen LogP contribution in [0.25, 0.3) is 0 Å². The Bertz CT molecular complexity index is 170. The molecule has 0 saturated carbocycles. The number of carbonyl (C=O) groups excluding carboxylic acids is 1. The summed E-state index contributed by atoms with van der Waals surface area (Å²) in [5.41, 5.74) is 5.23. The third-order valence-corrected chi connectivity index (χ3v) is 1.54. The Hall–Kier alpha value is -0.870. The van der Waals surface area contributed by atoms with Gasteiger partial charge in [-0.25, -0.2) is 0 Å². The summed E-state index contributed by atoms with van der Waals surface area (Å²) in [5.74, 6) is 0.0334. The van der Waals surface area contributed by atoms with Crippen molar-refractivity contribution in [1.82, 2.24) is 5.32 Å². The second-order valence-corrected chi connectivity index (χ2v) is 2.83. The predicted molar refractivity (Wildman–Crippen MR) is 56.9 cm³/mol. The van der Waals surface area contributed by atoms with Crippen LogP contribution in [0.5, 0.6) is 0 Å². The molecule has 1 amide bonds. The number of ether oxygens (including phenoxy) is 1. The molecule has 0 unspecified atom stereocenters. The van der Waals surface area contributed by atoms with Crippen LogP contribution in [0.4, 0.5) is 0 Å². The fourth-order valence-corrected chi connectivity index (χ4v) is 0.877. The molecule has 0 aliphatic rings. The topological polar surface area (TPSA) is 64.3 Å². The number of nitrogens with two attached hydrogens (primary N) is 1. The fraction of sp³-hybridized carbons (Fsp3) is 0.700. The largest absolute Gasteiger partial charge is 0.378 e. The van der Waals surface area contributed by atoms with E-state index in [0.717, 1.165) is 6.42 Å². The van der Waals surface area contributed by atoms with E-state index in [2.05, 4.69) is 5.32 Å². The van der Waals surface area contributed by atoms with Crippen molar-refractivity contribution >= 4 is 5.91 Å². The van der Waals surface area contributed by atoms with Crippen LogP contribution in [0, 0.1) is 0 Å². The summed E-state index contributed by atoms with van der Waals surface area (Å²) in [5, 5.41) is 2.74. The van der Waals surface area contributed by atoms with E-state index < -0.39 is 0 Å². The molecule has 0 saturated heterocycles. The van der Waals surface area contributed by atoms with E-state index in [0.29, 0.717) is 32.7 Å². The number of allylic oxidation sites excluding steroid dienone is 1. The molecule has 4 nitrogen and oxygen atoms in total. The van der Waals surface area contributed by atoms with Gasteiger partial charge < -0.3 is 15.8 Å². The van der Waals surface area contributed by atoms with Crippen LogP contribution in [-0.2, 0) is 9.53 Å². The molecule has 0 aromatic carbocycles. The molecular weight excluding hydrogens is 180 g/mol. The average Bonchev–Trinajstić information content (AvgIpc) is 2.18. The van der Waals surface area contributed by atoms with Gasteiger partial charge >= 0.3 is 0 Å². The minimum absolute atomic E-state index is 0.0334. The molecule has 4 heteroatoms. The molecule has 0 aromatic heterocycles. The first-order valence-electron chi connectivity index (χ1n) is 5.00. The Labute approximate surface area is 85.5 Å². The van der Waals surface area contributed by atoms with E-state index in [1.807, 2.05) is 19.1 Å². The van der Waals surface area contributed by atoms with Crippen molar-refractivity contribution in [2.45, 2.75) is 19.8 Å². The molecule has 0 aromatic rings. The second kappa shape index (κ2) is 10.2. The Morgan fingerprint density at radius 2 is 2.21 bits per heavy atom. The summed E-state index contributed by atoms with van der Waals surface area (Å²) in [6.07, 6.45) is 5.26. The summed E-state index contributed by atoms with van der Waals surface area (Å²) in [4.78, 5) is 11.1. The van der Waals surface area contributed by atoms with Crippen molar-refractivity contribution in [3.8, 4) is 0 Å². The van der Waals surface area contributed by atoms with Gasteiger partial charge in [0.2, 0.25) is 5.91 Å². The Kier molecular flexibility index (Phi) is 9.58. The number of carbonyl (C=O) groups is 1. The van der Waals surface area contributed by atoms with Gasteiger partial charge in [-0.3, -0.25) is 4.79 Å². The Balaban J connectivity index is 3.22. The maximum Gasteiger partial charge on any atom is 0.223 e. The third-order valence-electron chi connectivity index (χ3n) is 1.54. The zero-order valence-electron chi connectivity index (χ0n) is 8.79. The van der Waals surface area contributed by atoms with Gasteiger partial charge in [-0.2, -0.15) is 0 Å². The molecule has 0 fully saturated rings. The monoisotopic (exact) mass is 200 g/mol. The van der Waals surface area contributed by atoms with Gasteiger partial charge in [0.15, 0.2) is 0 Å². The van der Waals surface area contributed by atoms with Crippen molar-refractivity contribution < 1.29 is 9.53 Å². The first-order valence-corrected chi connectivity index (χ1v) is 5.00. The summed E-state index contributed by atoms with van der Waals surface area (Å²) in [7, 11) is 0. The van der Waals surface area contributed by atoms with Gasteiger partial charge in [0.25, 0.3) is 0 Å². The van der Waals surface area contributed by atoms with Crippen molar-refractivity contribution in [3.05, 3.63) is 12.2 Å². The predicted octanol–water partition coefficient (Wildman–Crippen LogP) is 0.434. The summed E-state index contributed by atoms with van der Waals surface area (Å²) in [6.45, 7) is 4.19. The molecule has 0 atom stereocenters. The second-order valence-electron chi connectivity index (χ2n) is 2.83. The van der Waals surface area contributed by atoms with E-state index in [9.17, 15) is 4.79 Å². The number of rotatable bonds is 8. The van der Waals surface area contributed by atoms with Crippen LogP contribution in [0.1, 0.15) is 19.8 Å². The quantitative estimate of drug-likeness (QED) is 0.441.